The number of ether oxygens (including phenoxy) is 2. The van der Waals surface area contributed by atoms with Crippen molar-refractivity contribution in [3.63, 3.8) is 0 Å². The van der Waals surface area contributed by atoms with E-state index < -0.39 is 22.5 Å². The third-order valence-electron chi connectivity index (χ3n) is 7.34. The van der Waals surface area contributed by atoms with Gasteiger partial charge >= 0.3 is 11.6 Å². The molecular formula is C23H28O6. The summed E-state index contributed by atoms with van der Waals surface area (Å²) in [6.07, 6.45) is 4.06. The van der Waals surface area contributed by atoms with E-state index in [2.05, 4.69) is 6.92 Å². The van der Waals surface area contributed by atoms with Gasteiger partial charge in [-0.15, -0.1) is 0 Å². The number of hydrogen-bond donors (Lipinski definition) is 0. The highest BCUT2D eigenvalue weighted by Crippen LogP contribution is 2.62. The lowest BCUT2D eigenvalue weighted by atomic mass is 9.45. The van der Waals surface area contributed by atoms with Gasteiger partial charge in [0.2, 0.25) is 0 Å². The Morgan fingerprint density at radius 1 is 1.21 bits per heavy atom. The Morgan fingerprint density at radius 3 is 2.55 bits per heavy atom. The van der Waals surface area contributed by atoms with Crippen molar-refractivity contribution in [2.45, 2.75) is 66.1 Å². The van der Waals surface area contributed by atoms with Gasteiger partial charge < -0.3 is 13.9 Å². The molecule has 6 nitrogen and oxygen atoms in total. The molecule has 0 amide bonds. The van der Waals surface area contributed by atoms with Crippen LogP contribution in [-0.4, -0.2) is 23.5 Å². The van der Waals surface area contributed by atoms with Crippen LogP contribution < -0.4 is 10.4 Å². The minimum atomic E-state index is -0.705. The summed E-state index contributed by atoms with van der Waals surface area (Å²) in [6.45, 7) is 11.0. The summed E-state index contributed by atoms with van der Waals surface area (Å²) >= 11 is 0. The van der Waals surface area contributed by atoms with Crippen LogP contribution in [-0.2, 0) is 20.7 Å². The van der Waals surface area contributed by atoms with E-state index in [0.717, 1.165) is 0 Å². The topological polar surface area (TPSA) is 82.8 Å². The smallest absolute Gasteiger partial charge is 0.342 e. The maximum atomic E-state index is 12.8. The number of ketones is 1. The van der Waals surface area contributed by atoms with Crippen LogP contribution in [0.5, 0.6) is 5.75 Å². The quantitative estimate of drug-likeness (QED) is 0.672. The van der Waals surface area contributed by atoms with Gasteiger partial charge in [0, 0.05) is 42.1 Å². The van der Waals surface area contributed by atoms with Crippen molar-refractivity contribution in [1.82, 2.24) is 0 Å². The zero-order valence-corrected chi connectivity index (χ0v) is 17.8. The Morgan fingerprint density at radius 2 is 1.90 bits per heavy atom. The monoisotopic (exact) mass is 400 g/mol. The molecule has 5 atom stereocenters. The molecule has 29 heavy (non-hydrogen) atoms. The molecule has 6 heteroatoms. The average molecular weight is 400 g/mol. The van der Waals surface area contributed by atoms with Crippen LogP contribution in [0.15, 0.2) is 27.4 Å². The number of rotatable bonds is 1. The van der Waals surface area contributed by atoms with Gasteiger partial charge in [0.15, 0.2) is 5.78 Å². The fourth-order valence-corrected chi connectivity index (χ4v) is 6.23. The number of carbonyl (C=O) groups excluding carboxylic acids is 2. The standard InChI is InChI=1S/C23H28O6/c1-12-9-15-14(20(26)27-12)10-17-22(5)8-7-18(25)21(3,4)19(22)16(28-13(2)24)11-23(17,6)29-15/h7-9,16-17,19H,10-11H2,1-6H3. The van der Waals surface area contributed by atoms with Gasteiger partial charge in [0.1, 0.15) is 23.2 Å². The number of fused-ring (bicyclic) bond motifs is 4. The highest BCUT2D eigenvalue weighted by atomic mass is 16.5. The first kappa shape index (κ1) is 19.9. The number of allylic oxidation sites excluding steroid dienone is 2. The third kappa shape index (κ3) is 2.79. The first-order chi connectivity index (χ1) is 13.4. The minimum absolute atomic E-state index is 0.0213. The highest BCUT2D eigenvalue weighted by molar-refractivity contribution is 5.96. The predicted molar refractivity (Wildman–Crippen MR) is 106 cm³/mol. The minimum Gasteiger partial charge on any atom is -0.486 e. The molecule has 0 spiro atoms. The van der Waals surface area contributed by atoms with Crippen molar-refractivity contribution in [3.8, 4) is 5.75 Å². The largest absolute Gasteiger partial charge is 0.486 e. The fourth-order valence-electron chi connectivity index (χ4n) is 6.23. The van der Waals surface area contributed by atoms with E-state index in [-0.39, 0.29) is 29.2 Å². The maximum Gasteiger partial charge on any atom is 0.342 e. The molecule has 0 radical (unpaired) electrons. The molecule has 0 saturated heterocycles. The molecule has 5 unspecified atom stereocenters. The zero-order chi connectivity index (χ0) is 21.4. The van der Waals surface area contributed by atoms with Crippen molar-refractivity contribution >= 4 is 11.8 Å². The Balaban J connectivity index is 1.90. The van der Waals surface area contributed by atoms with Crippen molar-refractivity contribution in [2.24, 2.45) is 22.7 Å². The van der Waals surface area contributed by atoms with Crippen molar-refractivity contribution in [1.29, 1.82) is 0 Å². The summed E-state index contributed by atoms with van der Waals surface area (Å²) in [6, 6.07) is 1.75. The van der Waals surface area contributed by atoms with E-state index in [4.69, 9.17) is 13.9 Å². The van der Waals surface area contributed by atoms with E-state index in [1.54, 1.807) is 19.1 Å². The summed E-state index contributed by atoms with van der Waals surface area (Å²) in [4.78, 5) is 37.2. The summed E-state index contributed by atoms with van der Waals surface area (Å²) in [5, 5.41) is 0. The first-order valence-corrected chi connectivity index (χ1v) is 10.1. The zero-order valence-electron chi connectivity index (χ0n) is 17.8. The molecular weight excluding hydrogens is 372 g/mol. The lowest BCUT2D eigenvalue weighted by Gasteiger charge is -2.62. The molecule has 1 saturated carbocycles. The molecule has 1 aromatic rings. The van der Waals surface area contributed by atoms with Crippen molar-refractivity contribution < 1.29 is 23.5 Å². The Hall–Kier alpha value is -2.37. The molecule has 2 aliphatic carbocycles. The van der Waals surface area contributed by atoms with Gasteiger partial charge in [-0.2, -0.15) is 0 Å². The molecule has 3 aliphatic rings. The maximum absolute atomic E-state index is 12.8. The third-order valence-corrected chi connectivity index (χ3v) is 7.34. The second-order valence-corrected chi connectivity index (χ2v) is 9.77. The molecule has 0 N–H and O–H groups in total. The second kappa shape index (κ2) is 6.07. The summed E-state index contributed by atoms with van der Waals surface area (Å²) in [7, 11) is 0. The Bertz CT molecular complexity index is 986. The van der Waals surface area contributed by atoms with E-state index in [1.165, 1.54) is 6.92 Å². The number of esters is 1. The van der Waals surface area contributed by atoms with Gasteiger partial charge in [-0.25, -0.2) is 4.79 Å². The van der Waals surface area contributed by atoms with E-state index in [9.17, 15) is 14.4 Å². The van der Waals surface area contributed by atoms with Gasteiger partial charge in [-0.05, 0) is 26.3 Å². The van der Waals surface area contributed by atoms with E-state index in [0.29, 0.717) is 29.9 Å². The predicted octanol–water partition coefficient (Wildman–Crippen LogP) is 3.38. The number of carbonyl (C=O) groups is 2. The van der Waals surface area contributed by atoms with E-state index >= 15 is 0 Å². The van der Waals surface area contributed by atoms with Crippen LogP contribution in [0.4, 0.5) is 0 Å². The molecule has 0 aromatic carbocycles. The van der Waals surface area contributed by atoms with Gasteiger partial charge in [0.25, 0.3) is 0 Å². The van der Waals surface area contributed by atoms with Crippen LogP contribution in [0, 0.1) is 29.6 Å². The van der Waals surface area contributed by atoms with E-state index in [1.807, 2.05) is 26.8 Å². The normalized spacial score (nSPS) is 37.0. The Kier molecular flexibility index (Phi) is 4.17. The SMILES string of the molecule is CC(=O)OC1CC2(C)Oc3cc(C)oc(=O)c3CC2C2(C)C=CC(=O)C(C)(C)C12. The van der Waals surface area contributed by atoms with Crippen LogP contribution in [0.3, 0.4) is 0 Å². The molecule has 1 fully saturated rings. The fraction of sp³-hybridized carbons (Fsp3) is 0.609. The Labute approximate surface area is 170 Å². The van der Waals surface area contributed by atoms with Gasteiger partial charge in [-0.1, -0.05) is 26.8 Å². The molecule has 1 aliphatic heterocycles. The summed E-state index contributed by atoms with van der Waals surface area (Å²) < 4.78 is 17.5. The van der Waals surface area contributed by atoms with Gasteiger partial charge in [0.05, 0.1) is 5.56 Å². The molecule has 1 aromatic heterocycles. The number of hydrogen-bond acceptors (Lipinski definition) is 6. The molecule has 4 rings (SSSR count). The van der Waals surface area contributed by atoms with Gasteiger partial charge in [-0.3, -0.25) is 9.59 Å². The lowest BCUT2D eigenvalue weighted by Crippen LogP contribution is -2.67. The average Bonchev–Trinajstić information content (AvgIpc) is 2.56. The van der Waals surface area contributed by atoms with Crippen LogP contribution in [0.1, 0.15) is 52.4 Å². The summed E-state index contributed by atoms with van der Waals surface area (Å²) in [5.74, 6) is 0.385. The van der Waals surface area contributed by atoms with Crippen LogP contribution in [0.25, 0.3) is 0 Å². The van der Waals surface area contributed by atoms with Crippen molar-refractivity contribution in [2.75, 3.05) is 0 Å². The van der Waals surface area contributed by atoms with Crippen LogP contribution in [0.2, 0.25) is 0 Å². The molecule has 2 heterocycles. The highest BCUT2D eigenvalue weighted by Gasteiger charge is 2.65. The lowest BCUT2D eigenvalue weighted by molar-refractivity contribution is -0.199. The second-order valence-electron chi connectivity index (χ2n) is 9.77. The van der Waals surface area contributed by atoms with Crippen LogP contribution >= 0.6 is 0 Å². The van der Waals surface area contributed by atoms with Crippen molar-refractivity contribution in [3.05, 3.63) is 40.0 Å². The molecule has 0 bridgehead atoms. The first-order valence-electron chi connectivity index (χ1n) is 10.1. The number of aryl methyl sites for hydroxylation is 1. The molecule has 156 valence electrons. The summed E-state index contributed by atoms with van der Waals surface area (Å²) in [5.41, 5.74) is -1.70.